The van der Waals surface area contributed by atoms with E-state index in [4.69, 9.17) is 5.26 Å². The standard InChI is InChI=1S/C14H21N5/c1-17(2)5-6-18-7-9-19(10-8-18)14-4-3-13(11-15)16-12-14/h3-4,12H,5-10H2,1-2H3. The Balaban J connectivity index is 1.84. The molecule has 0 bridgehead atoms. The first kappa shape index (κ1) is 13.8. The van der Waals surface area contributed by atoms with Crippen molar-refractivity contribution in [3.8, 4) is 6.07 Å². The van der Waals surface area contributed by atoms with E-state index in [1.165, 1.54) is 0 Å². The summed E-state index contributed by atoms with van der Waals surface area (Å²) in [5.41, 5.74) is 1.60. The van der Waals surface area contributed by atoms with Crippen molar-refractivity contribution in [2.45, 2.75) is 0 Å². The lowest BCUT2D eigenvalue weighted by molar-refractivity contribution is 0.229. The molecule has 5 nitrogen and oxygen atoms in total. The average molecular weight is 259 g/mol. The molecule has 1 aliphatic heterocycles. The van der Waals surface area contributed by atoms with E-state index in [1.807, 2.05) is 12.1 Å². The molecule has 0 amide bonds. The Kier molecular flexibility index (Phi) is 4.72. The molecule has 19 heavy (non-hydrogen) atoms. The highest BCUT2D eigenvalue weighted by Crippen LogP contribution is 2.15. The first-order valence-electron chi connectivity index (χ1n) is 6.67. The van der Waals surface area contributed by atoms with Crippen molar-refractivity contribution in [1.82, 2.24) is 14.8 Å². The summed E-state index contributed by atoms with van der Waals surface area (Å²) in [6.45, 7) is 6.48. The maximum absolute atomic E-state index is 8.74. The molecule has 5 heteroatoms. The van der Waals surface area contributed by atoms with Crippen LogP contribution in [0, 0.1) is 11.3 Å². The number of piperazine rings is 1. The topological polar surface area (TPSA) is 46.4 Å². The second-order valence-corrected chi connectivity index (χ2v) is 5.15. The van der Waals surface area contributed by atoms with Gasteiger partial charge in [0.15, 0.2) is 0 Å². The summed E-state index contributed by atoms with van der Waals surface area (Å²) in [5, 5.41) is 8.74. The zero-order valence-electron chi connectivity index (χ0n) is 11.7. The van der Waals surface area contributed by atoms with Gasteiger partial charge in [0, 0.05) is 39.3 Å². The fourth-order valence-corrected chi connectivity index (χ4v) is 2.21. The van der Waals surface area contributed by atoms with Crippen LogP contribution in [0.1, 0.15) is 5.69 Å². The number of pyridine rings is 1. The van der Waals surface area contributed by atoms with Gasteiger partial charge in [-0.15, -0.1) is 0 Å². The third-order valence-corrected chi connectivity index (χ3v) is 3.46. The van der Waals surface area contributed by atoms with Gasteiger partial charge in [-0.05, 0) is 26.2 Å². The monoisotopic (exact) mass is 259 g/mol. The summed E-state index contributed by atoms with van der Waals surface area (Å²) in [6, 6.07) is 5.82. The smallest absolute Gasteiger partial charge is 0.140 e. The first-order chi connectivity index (χ1) is 9.19. The molecule has 1 aromatic rings. The molecule has 2 rings (SSSR count). The van der Waals surface area contributed by atoms with Crippen LogP contribution in [0.4, 0.5) is 5.69 Å². The first-order valence-corrected chi connectivity index (χ1v) is 6.67. The van der Waals surface area contributed by atoms with E-state index in [2.05, 4.69) is 33.8 Å². The molecule has 102 valence electrons. The van der Waals surface area contributed by atoms with Crippen molar-refractivity contribution in [3.63, 3.8) is 0 Å². The Labute approximate surface area is 115 Å². The van der Waals surface area contributed by atoms with Gasteiger partial charge in [-0.25, -0.2) is 4.98 Å². The van der Waals surface area contributed by atoms with Crippen LogP contribution in [-0.2, 0) is 0 Å². The SMILES string of the molecule is CN(C)CCN1CCN(c2ccc(C#N)nc2)CC1. The van der Waals surface area contributed by atoms with Gasteiger partial charge in [0.05, 0.1) is 11.9 Å². The minimum absolute atomic E-state index is 0.480. The highest BCUT2D eigenvalue weighted by molar-refractivity contribution is 5.46. The fourth-order valence-electron chi connectivity index (χ4n) is 2.21. The van der Waals surface area contributed by atoms with Gasteiger partial charge in [0.2, 0.25) is 0 Å². The number of nitriles is 1. The van der Waals surface area contributed by atoms with E-state index in [1.54, 1.807) is 12.3 Å². The molecular weight excluding hydrogens is 238 g/mol. The van der Waals surface area contributed by atoms with Crippen LogP contribution < -0.4 is 4.90 Å². The molecule has 0 radical (unpaired) electrons. The predicted molar refractivity (Wildman–Crippen MR) is 76.2 cm³/mol. The second-order valence-electron chi connectivity index (χ2n) is 5.15. The van der Waals surface area contributed by atoms with Crippen molar-refractivity contribution < 1.29 is 0 Å². The van der Waals surface area contributed by atoms with Crippen molar-refractivity contribution in [2.24, 2.45) is 0 Å². The van der Waals surface area contributed by atoms with Crippen molar-refractivity contribution in [2.75, 3.05) is 58.3 Å². The van der Waals surface area contributed by atoms with E-state index in [-0.39, 0.29) is 0 Å². The number of rotatable bonds is 4. The van der Waals surface area contributed by atoms with Gasteiger partial charge >= 0.3 is 0 Å². The van der Waals surface area contributed by atoms with Gasteiger partial charge in [0.1, 0.15) is 11.8 Å². The molecule has 2 heterocycles. The van der Waals surface area contributed by atoms with Crippen LogP contribution in [0.5, 0.6) is 0 Å². The average Bonchev–Trinajstić information content (AvgIpc) is 2.46. The lowest BCUT2D eigenvalue weighted by Crippen LogP contribution is -2.48. The minimum Gasteiger partial charge on any atom is -0.368 e. The second kappa shape index (κ2) is 6.50. The zero-order chi connectivity index (χ0) is 13.7. The van der Waals surface area contributed by atoms with E-state index < -0.39 is 0 Å². The molecule has 1 saturated heterocycles. The molecule has 0 aliphatic carbocycles. The van der Waals surface area contributed by atoms with Crippen molar-refractivity contribution >= 4 is 5.69 Å². The van der Waals surface area contributed by atoms with Gasteiger partial charge in [-0.1, -0.05) is 0 Å². The van der Waals surface area contributed by atoms with E-state index in [0.29, 0.717) is 5.69 Å². The molecule has 1 aromatic heterocycles. The number of nitrogens with zero attached hydrogens (tertiary/aromatic N) is 5. The van der Waals surface area contributed by atoms with E-state index >= 15 is 0 Å². The summed E-state index contributed by atoms with van der Waals surface area (Å²) in [7, 11) is 4.22. The number of anilines is 1. The molecule has 1 aliphatic rings. The van der Waals surface area contributed by atoms with E-state index in [0.717, 1.165) is 45.0 Å². The Bertz CT molecular complexity index is 426. The largest absolute Gasteiger partial charge is 0.368 e. The summed E-state index contributed by atoms with van der Waals surface area (Å²) in [5.74, 6) is 0. The number of hydrogen-bond donors (Lipinski definition) is 0. The predicted octanol–water partition coefficient (Wildman–Crippen LogP) is 0.637. The normalized spacial score (nSPS) is 16.6. The maximum atomic E-state index is 8.74. The van der Waals surface area contributed by atoms with Crippen LogP contribution in [-0.4, -0.2) is 68.1 Å². The summed E-state index contributed by atoms with van der Waals surface area (Å²) >= 11 is 0. The molecule has 0 N–H and O–H groups in total. The molecule has 0 saturated carbocycles. The third-order valence-electron chi connectivity index (χ3n) is 3.46. The van der Waals surface area contributed by atoms with Gasteiger partial charge in [-0.2, -0.15) is 5.26 Å². The molecular formula is C14H21N5. The van der Waals surface area contributed by atoms with Crippen LogP contribution in [0.2, 0.25) is 0 Å². The van der Waals surface area contributed by atoms with Crippen LogP contribution in [0.3, 0.4) is 0 Å². The molecule has 0 aromatic carbocycles. The van der Waals surface area contributed by atoms with E-state index in [9.17, 15) is 0 Å². The van der Waals surface area contributed by atoms with Gasteiger partial charge in [0.25, 0.3) is 0 Å². The van der Waals surface area contributed by atoms with Crippen LogP contribution >= 0.6 is 0 Å². The van der Waals surface area contributed by atoms with Crippen LogP contribution in [0.15, 0.2) is 18.3 Å². The van der Waals surface area contributed by atoms with Crippen molar-refractivity contribution in [1.29, 1.82) is 5.26 Å². The lowest BCUT2D eigenvalue weighted by Gasteiger charge is -2.36. The van der Waals surface area contributed by atoms with Gasteiger partial charge in [-0.3, -0.25) is 4.90 Å². The summed E-state index contributed by atoms with van der Waals surface area (Å²) in [4.78, 5) is 11.2. The number of likely N-dealkylation sites (N-methyl/N-ethyl adjacent to an activating group) is 1. The molecule has 1 fully saturated rings. The van der Waals surface area contributed by atoms with Crippen LogP contribution in [0.25, 0.3) is 0 Å². The summed E-state index contributed by atoms with van der Waals surface area (Å²) < 4.78 is 0. The Hall–Kier alpha value is -1.64. The Morgan fingerprint density at radius 3 is 2.53 bits per heavy atom. The lowest BCUT2D eigenvalue weighted by atomic mass is 10.2. The highest BCUT2D eigenvalue weighted by atomic mass is 15.3. The quantitative estimate of drug-likeness (QED) is 0.794. The number of aromatic nitrogens is 1. The highest BCUT2D eigenvalue weighted by Gasteiger charge is 2.17. The summed E-state index contributed by atoms with van der Waals surface area (Å²) in [6.07, 6.45) is 1.80. The molecule has 0 spiro atoms. The Morgan fingerprint density at radius 2 is 2.00 bits per heavy atom. The van der Waals surface area contributed by atoms with Crippen molar-refractivity contribution in [3.05, 3.63) is 24.0 Å². The molecule has 0 atom stereocenters. The zero-order valence-corrected chi connectivity index (χ0v) is 11.7. The maximum Gasteiger partial charge on any atom is 0.140 e. The fraction of sp³-hybridized carbons (Fsp3) is 0.571. The number of hydrogen-bond acceptors (Lipinski definition) is 5. The van der Waals surface area contributed by atoms with Gasteiger partial charge < -0.3 is 9.80 Å². The minimum atomic E-state index is 0.480. The third kappa shape index (κ3) is 3.91. The Morgan fingerprint density at radius 1 is 1.26 bits per heavy atom. The molecule has 0 unspecified atom stereocenters.